The van der Waals surface area contributed by atoms with Crippen molar-refractivity contribution in [2.24, 2.45) is 11.8 Å². The van der Waals surface area contributed by atoms with Crippen LogP contribution in [0, 0.1) is 11.8 Å². The Morgan fingerprint density at radius 3 is 2.12 bits per heavy atom. The fourth-order valence-corrected chi connectivity index (χ4v) is 3.56. The highest BCUT2D eigenvalue weighted by Gasteiger charge is 2.32. The van der Waals surface area contributed by atoms with Gasteiger partial charge in [-0.25, -0.2) is 12.7 Å². The Hall–Kier alpha value is -0.130. The summed E-state index contributed by atoms with van der Waals surface area (Å²) in [7, 11) is -3.28. The molecule has 1 heterocycles. The largest absolute Gasteiger partial charge is 0.395 e. The Morgan fingerprint density at radius 2 is 1.75 bits per heavy atom. The zero-order valence-corrected chi connectivity index (χ0v) is 11.2. The van der Waals surface area contributed by atoms with E-state index >= 15 is 0 Å². The summed E-state index contributed by atoms with van der Waals surface area (Å²) >= 11 is 0. The van der Waals surface area contributed by atoms with Crippen LogP contribution in [0.5, 0.6) is 0 Å². The highest BCUT2D eigenvalue weighted by Crippen LogP contribution is 2.26. The van der Waals surface area contributed by atoms with Crippen LogP contribution in [0.2, 0.25) is 0 Å². The molecule has 1 aliphatic heterocycles. The Labute approximate surface area is 98.7 Å². The molecule has 5 heteroatoms. The molecule has 0 bridgehead atoms. The quantitative estimate of drug-likeness (QED) is 0.810. The average Bonchev–Trinajstić information content (AvgIpc) is 2.28. The molecule has 0 amide bonds. The number of nitrogens with zero attached hydrogens (tertiary/aromatic N) is 1. The van der Waals surface area contributed by atoms with Crippen molar-refractivity contribution in [2.45, 2.75) is 38.9 Å². The van der Waals surface area contributed by atoms with Crippen molar-refractivity contribution in [3.63, 3.8) is 0 Å². The minimum absolute atomic E-state index is 0.299. The van der Waals surface area contributed by atoms with E-state index in [1.807, 2.05) is 0 Å². The van der Waals surface area contributed by atoms with Crippen molar-refractivity contribution in [2.75, 3.05) is 19.7 Å². The number of sulfonamides is 1. The van der Waals surface area contributed by atoms with E-state index in [0.29, 0.717) is 24.9 Å². The fourth-order valence-electron chi connectivity index (χ4n) is 2.15. The van der Waals surface area contributed by atoms with Crippen LogP contribution >= 0.6 is 0 Å². The van der Waals surface area contributed by atoms with Gasteiger partial charge >= 0.3 is 0 Å². The number of piperidine rings is 1. The lowest BCUT2D eigenvalue weighted by Crippen LogP contribution is -2.44. The molecule has 1 unspecified atom stereocenters. The molecule has 0 aromatic carbocycles. The molecule has 1 saturated heterocycles. The summed E-state index contributed by atoms with van der Waals surface area (Å²) in [6.07, 6.45) is 1.88. The molecule has 16 heavy (non-hydrogen) atoms. The second-order valence-corrected chi connectivity index (χ2v) is 7.37. The third-order valence-corrected chi connectivity index (χ3v) is 5.82. The molecule has 96 valence electrons. The van der Waals surface area contributed by atoms with Crippen LogP contribution < -0.4 is 0 Å². The minimum Gasteiger partial charge on any atom is -0.395 e. The minimum atomic E-state index is -3.28. The third-order valence-electron chi connectivity index (χ3n) is 3.57. The second kappa shape index (κ2) is 5.47. The van der Waals surface area contributed by atoms with Gasteiger partial charge in [0, 0.05) is 13.1 Å². The number of hydrogen-bond acceptors (Lipinski definition) is 3. The van der Waals surface area contributed by atoms with Gasteiger partial charge in [-0.3, -0.25) is 0 Å². The van der Waals surface area contributed by atoms with Gasteiger partial charge in [-0.15, -0.1) is 0 Å². The maximum absolute atomic E-state index is 12.0. The van der Waals surface area contributed by atoms with Crippen molar-refractivity contribution in [1.29, 1.82) is 0 Å². The van der Waals surface area contributed by atoms with E-state index in [1.165, 1.54) is 4.31 Å². The first-order valence-electron chi connectivity index (χ1n) is 5.99. The van der Waals surface area contributed by atoms with Crippen LogP contribution in [0.4, 0.5) is 0 Å². The summed E-state index contributed by atoms with van der Waals surface area (Å²) in [6.45, 7) is 6.84. The van der Waals surface area contributed by atoms with Gasteiger partial charge in [0.25, 0.3) is 0 Å². The smallest absolute Gasteiger partial charge is 0.218 e. The number of hydrogen-bond donors (Lipinski definition) is 1. The number of aliphatic hydroxyl groups is 1. The molecule has 1 fully saturated rings. The molecule has 1 aliphatic rings. The van der Waals surface area contributed by atoms with E-state index in [-0.39, 0.29) is 6.61 Å². The van der Waals surface area contributed by atoms with E-state index in [9.17, 15) is 8.42 Å². The van der Waals surface area contributed by atoms with Crippen LogP contribution in [0.15, 0.2) is 0 Å². The van der Waals surface area contributed by atoms with Crippen LogP contribution in [0.25, 0.3) is 0 Å². The molecule has 1 rings (SSSR count). The van der Waals surface area contributed by atoms with Gasteiger partial charge in [-0.05, 0) is 31.6 Å². The molecule has 1 atom stereocenters. The fraction of sp³-hybridized carbons (Fsp3) is 1.00. The van der Waals surface area contributed by atoms with Gasteiger partial charge in [0.05, 0.1) is 11.9 Å². The molecule has 1 N–H and O–H groups in total. The highest BCUT2D eigenvalue weighted by atomic mass is 32.2. The lowest BCUT2D eigenvalue weighted by molar-refractivity contribution is 0.221. The molecule has 0 radical (unpaired) electrons. The normalized spacial score (nSPS) is 22.6. The van der Waals surface area contributed by atoms with Crippen LogP contribution in [-0.4, -0.2) is 42.8 Å². The van der Waals surface area contributed by atoms with Crippen molar-refractivity contribution in [1.82, 2.24) is 4.31 Å². The molecule has 0 spiro atoms. The molecule has 0 saturated carbocycles. The first-order valence-corrected chi connectivity index (χ1v) is 7.49. The standard InChI is InChI=1S/C11H23NO3S/c1-9(2)11-4-6-12(7-5-11)16(14,15)10(3)8-13/h9-11,13H,4-8H2,1-3H3. The van der Waals surface area contributed by atoms with Gasteiger partial charge in [0.2, 0.25) is 10.0 Å². The Balaban J connectivity index is 2.60. The zero-order chi connectivity index (χ0) is 12.3. The van der Waals surface area contributed by atoms with Gasteiger partial charge < -0.3 is 5.11 Å². The van der Waals surface area contributed by atoms with E-state index in [4.69, 9.17) is 5.11 Å². The van der Waals surface area contributed by atoms with Crippen molar-refractivity contribution in [3.8, 4) is 0 Å². The van der Waals surface area contributed by atoms with Gasteiger partial charge in [-0.2, -0.15) is 0 Å². The summed E-state index contributed by atoms with van der Waals surface area (Å²) in [5, 5.41) is 8.26. The van der Waals surface area contributed by atoms with E-state index in [1.54, 1.807) is 6.92 Å². The third kappa shape index (κ3) is 2.96. The lowest BCUT2D eigenvalue weighted by Gasteiger charge is -2.34. The zero-order valence-electron chi connectivity index (χ0n) is 10.4. The van der Waals surface area contributed by atoms with Crippen molar-refractivity contribution >= 4 is 10.0 Å². The monoisotopic (exact) mass is 249 g/mol. The maximum atomic E-state index is 12.0. The van der Waals surface area contributed by atoms with Gasteiger partial charge in [0.15, 0.2) is 0 Å². The Morgan fingerprint density at radius 1 is 1.25 bits per heavy atom. The molecule has 0 aliphatic carbocycles. The Kier molecular flexibility index (Phi) is 4.76. The second-order valence-electron chi connectivity index (χ2n) is 5.02. The van der Waals surface area contributed by atoms with Gasteiger partial charge in [-0.1, -0.05) is 13.8 Å². The van der Waals surface area contributed by atoms with Crippen LogP contribution in [0.3, 0.4) is 0 Å². The molecule has 4 nitrogen and oxygen atoms in total. The topological polar surface area (TPSA) is 57.6 Å². The number of aliphatic hydroxyl groups excluding tert-OH is 1. The van der Waals surface area contributed by atoms with E-state index in [0.717, 1.165) is 12.8 Å². The molecular formula is C11H23NO3S. The first kappa shape index (κ1) is 13.9. The summed E-state index contributed by atoms with van der Waals surface area (Å²) in [4.78, 5) is 0. The van der Waals surface area contributed by atoms with Crippen LogP contribution in [-0.2, 0) is 10.0 Å². The predicted molar refractivity (Wildman–Crippen MR) is 64.6 cm³/mol. The average molecular weight is 249 g/mol. The van der Waals surface area contributed by atoms with Gasteiger partial charge in [0.1, 0.15) is 0 Å². The van der Waals surface area contributed by atoms with Crippen molar-refractivity contribution < 1.29 is 13.5 Å². The summed E-state index contributed by atoms with van der Waals surface area (Å²) < 4.78 is 25.5. The van der Waals surface area contributed by atoms with E-state index in [2.05, 4.69) is 13.8 Å². The highest BCUT2D eigenvalue weighted by molar-refractivity contribution is 7.89. The molecule has 0 aromatic heterocycles. The van der Waals surface area contributed by atoms with Crippen LogP contribution in [0.1, 0.15) is 33.6 Å². The van der Waals surface area contributed by atoms with E-state index < -0.39 is 15.3 Å². The Bertz CT molecular complexity index is 305. The lowest BCUT2D eigenvalue weighted by atomic mass is 9.87. The summed E-state index contributed by atoms with van der Waals surface area (Å²) in [5.41, 5.74) is 0. The molecular weight excluding hydrogens is 226 g/mol. The number of rotatable bonds is 4. The SMILES string of the molecule is CC(C)C1CCN(S(=O)(=O)C(C)CO)CC1. The maximum Gasteiger partial charge on any atom is 0.218 e. The first-order chi connectivity index (χ1) is 7.39. The molecule has 0 aromatic rings. The predicted octanol–water partition coefficient (Wildman–Crippen LogP) is 1.06. The summed E-state index contributed by atoms with van der Waals surface area (Å²) in [5.74, 6) is 1.26. The van der Waals surface area contributed by atoms with Crippen molar-refractivity contribution in [3.05, 3.63) is 0 Å². The summed E-state index contributed by atoms with van der Waals surface area (Å²) in [6, 6.07) is 0.